The van der Waals surface area contributed by atoms with Crippen molar-refractivity contribution in [1.29, 1.82) is 0 Å². The van der Waals surface area contributed by atoms with Crippen LogP contribution in [0.1, 0.15) is 28.9 Å². The summed E-state index contributed by atoms with van der Waals surface area (Å²) in [5.41, 5.74) is -0.945. The molecule has 1 atom stereocenters. The van der Waals surface area contributed by atoms with E-state index in [0.29, 0.717) is 6.61 Å². The predicted octanol–water partition coefficient (Wildman–Crippen LogP) is 0.552. The van der Waals surface area contributed by atoms with Gasteiger partial charge in [0.25, 0.3) is 5.56 Å². The molecular weight excluding hydrogens is 450 g/mol. The molecule has 31 heavy (non-hydrogen) atoms. The Morgan fingerprint density at radius 3 is 2.68 bits per heavy atom. The van der Waals surface area contributed by atoms with Crippen LogP contribution in [0.4, 0.5) is 0 Å². The number of ether oxygens (including phenoxy) is 2. The fourth-order valence-electron chi connectivity index (χ4n) is 3.06. The lowest BCUT2D eigenvalue weighted by molar-refractivity contribution is 0.0462. The highest BCUT2D eigenvalue weighted by atomic mass is 35.5. The van der Waals surface area contributed by atoms with Crippen LogP contribution in [0.15, 0.2) is 38.8 Å². The third-order valence-corrected chi connectivity index (χ3v) is 6.86. The van der Waals surface area contributed by atoms with Gasteiger partial charge in [-0.2, -0.15) is 0 Å². The van der Waals surface area contributed by atoms with E-state index < -0.39 is 27.2 Å². The summed E-state index contributed by atoms with van der Waals surface area (Å²) in [4.78, 5) is 35.9. The zero-order chi connectivity index (χ0) is 22.8. The molecule has 0 radical (unpaired) electrons. The van der Waals surface area contributed by atoms with Crippen molar-refractivity contribution in [3.05, 3.63) is 61.4 Å². The molecule has 0 bridgehead atoms. The molecule has 1 unspecified atom stereocenters. The minimum atomic E-state index is -3.98. The van der Waals surface area contributed by atoms with Crippen molar-refractivity contribution in [1.82, 2.24) is 13.9 Å². The van der Waals surface area contributed by atoms with Gasteiger partial charge in [-0.3, -0.25) is 13.9 Å². The van der Waals surface area contributed by atoms with E-state index in [9.17, 15) is 22.8 Å². The van der Waals surface area contributed by atoms with Crippen molar-refractivity contribution >= 4 is 27.6 Å². The minimum absolute atomic E-state index is 0.0456. The number of sulfonamides is 1. The topological polar surface area (TPSA) is 126 Å². The van der Waals surface area contributed by atoms with Gasteiger partial charge in [0.15, 0.2) is 0 Å². The van der Waals surface area contributed by atoms with Gasteiger partial charge in [-0.25, -0.2) is 22.7 Å². The van der Waals surface area contributed by atoms with Crippen LogP contribution in [0.2, 0.25) is 5.02 Å². The number of nitrogens with zero attached hydrogens (tertiary/aromatic N) is 2. The molecule has 1 aromatic carbocycles. The summed E-state index contributed by atoms with van der Waals surface area (Å²) >= 11 is 6.05. The van der Waals surface area contributed by atoms with Gasteiger partial charge in [0.1, 0.15) is 11.5 Å². The molecule has 2 heterocycles. The lowest BCUT2D eigenvalue weighted by Gasteiger charge is -2.13. The Bertz CT molecular complexity index is 1210. The van der Waals surface area contributed by atoms with E-state index in [0.717, 1.165) is 23.5 Å². The van der Waals surface area contributed by atoms with Gasteiger partial charge in [-0.1, -0.05) is 11.6 Å². The second-order valence-corrected chi connectivity index (χ2v) is 9.23. The first-order valence-electron chi connectivity index (χ1n) is 9.44. The standard InChI is InChI=1S/C19H22ClN3O7S/c1-22-13(9-17(24)23(2)19(22)26)11-30-18(25)12-5-6-15(20)16(8-12)31(27,28)21-10-14-4-3-7-29-14/h5-6,8-9,14,21H,3-4,7,10-11H2,1-2H3. The molecule has 0 amide bonds. The van der Waals surface area contributed by atoms with Crippen molar-refractivity contribution in [3.63, 3.8) is 0 Å². The largest absolute Gasteiger partial charge is 0.456 e. The summed E-state index contributed by atoms with van der Waals surface area (Å²) in [6.45, 7) is 0.348. The number of hydrogen-bond acceptors (Lipinski definition) is 7. The third-order valence-electron chi connectivity index (χ3n) is 4.96. The second kappa shape index (κ2) is 9.35. The number of carbonyl (C=O) groups is 1. The van der Waals surface area contributed by atoms with Crippen molar-refractivity contribution in [2.24, 2.45) is 14.1 Å². The average molecular weight is 472 g/mol. The number of hydrogen-bond donors (Lipinski definition) is 1. The molecule has 0 aliphatic carbocycles. The van der Waals surface area contributed by atoms with Crippen LogP contribution in [-0.2, 0) is 40.2 Å². The Morgan fingerprint density at radius 1 is 1.26 bits per heavy atom. The normalized spacial score (nSPS) is 16.4. The number of rotatable bonds is 7. The lowest BCUT2D eigenvalue weighted by atomic mass is 10.2. The third kappa shape index (κ3) is 5.24. The van der Waals surface area contributed by atoms with E-state index in [1.165, 1.54) is 36.9 Å². The van der Waals surface area contributed by atoms with Gasteiger partial charge in [0, 0.05) is 33.3 Å². The number of carbonyl (C=O) groups excluding carboxylic acids is 1. The molecule has 1 saturated heterocycles. The molecule has 0 saturated carbocycles. The van der Waals surface area contributed by atoms with E-state index in [-0.39, 0.29) is 40.4 Å². The fourth-order valence-corrected chi connectivity index (χ4v) is 4.65. The van der Waals surface area contributed by atoms with E-state index >= 15 is 0 Å². The first-order valence-corrected chi connectivity index (χ1v) is 11.3. The van der Waals surface area contributed by atoms with Gasteiger partial charge in [-0.15, -0.1) is 0 Å². The first kappa shape index (κ1) is 23.2. The summed E-state index contributed by atoms with van der Waals surface area (Å²) < 4.78 is 40.4. The molecule has 1 aromatic heterocycles. The molecule has 1 N–H and O–H groups in total. The van der Waals surface area contributed by atoms with E-state index in [1.54, 1.807) is 0 Å². The van der Waals surface area contributed by atoms with Crippen LogP contribution < -0.4 is 16.0 Å². The van der Waals surface area contributed by atoms with E-state index in [2.05, 4.69) is 4.72 Å². The molecule has 1 fully saturated rings. The SMILES string of the molecule is Cn1c(COC(=O)c2ccc(Cl)c(S(=O)(=O)NCC3CCCO3)c2)cc(=O)n(C)c1=O. The molecule has 0 spiro atoms. The Hall–Kier alpha value is -2.47. The lowest BCUT2D eigenvalue weighted by Crippen LogP contribution is -2.38. The second-order valence-electron chi connectivity index (χ2n) is 7.08. The molecule has 2 aromatic rings. The summed E-state index contributed by atoms with van der Waals surface area (Å²) in [5.74, 6) is -0.833. The van der Waals surface area contributed by atoms with E-state index in [1.807, 2.05) is 0 Å². The van der Waals surface area contributed by atoms with Crippen LogP contribution >= 0.6 is 11.6 Å². The Balaban J connectivity index is 1.75. The Morgan fingerprint density at radius 2 is 2.00 bits per heavy atom. The maximum Gasteiger partial charge on any atom is 0.338 e. The molecule has 12 heteroatoms. The summed E-state index contributed by atoms with van der Waals surface area (Å²) in [6.07, 6.45) is 1.42. The molecule has 1 aliphatic rings. The maximum absolute atomic E-state index is 12.6. The minimum Gasteiger partial charge on any atom is -0.456 e. The zero-order valence-electron chi connectivity index (χ0n) is 17.0. The Kier molecular flexibility index (Phi) is 6.99. The van der Waals surface area contributed by atoms with Gasteiger partial charge < -0.3 is 9.47 Å². The fraction of sp³-hybridized carbons (Fsp3) is 0.421. The van der Waals surface area contributed by atoms with E-state index in [4.69, 9.17) is 21.1 Å². The monoisotopic (exact) mass is 471 g/mol. The van der Waals surface area contributed by atoms with Crippen LogP contribution in [0.5, 0.6) is 0 Å². The highest BCUT2D eigenvalue weighted by Crippen LogP contribution is 2.23. The molecular formula is C19H22ClN3O7S. The highest BCUT2D eigenvalue weighted by Gasteiger charge is 2.24. The van der Waals surface area contributed by atoms with Gasteiger partial charge in [0.05, 0.1) is 22.4 Å². The first-order chi connectivity index (χ1) is 14.6. The number of benzene rings is 1. The number of halogens is 1. The predicted molar refractivity (Wildman–Crippen MR) is 112 cm³/mol. The number of nitrogens with one attached hydrogen (secondary N) is 1. The van der Waals surface area contributed by atoms with Gasteiger partial charge in [0.2, 0.25) is 10.0 Å². The quantitative estimate of drug-likeness (QED) is 0.584. The highest BCUT2D eigenvalue weighted by molar-refractivity contribution is 7.89. The number of esters is 1. The smallest absolute Gasteiger partial charge is 0.338 e. The van der Waals surface area contributed by atoms with Crippen LogP contribution in [-0.4, -0.2) is 42.8 Å². The van der Waals surface area contributed by atoms with Gasteiger partial charge in [-0.05, 0) is 31.0 Å². The summed E-state index contributed by atoms with van der Waals surface area (Å²) in [7, 11) is -1.21. The molecule has 168 valence electrons. The van der Waals surface area contributed by atoms with Crippen LogP contribution in [0.3, 0.4) is 0 Å². The van der Waals surface area contributed by atoms with Crippen LogP contribution in [0.25, 0.3) is 0 Å². The molecule has 1 aliphatic heterocycles. The summed E-state index contributed by atoms with van der Waals surface area (Å²) in [6, 6.07) is 4.91. The van der Waals surface area contributed by atoms with Crippen molar-refractivity contribution in [2.45, 2.75) is 30.4 Å². The molecule has 10 nitrogen and oxygen atoms in total. The maximum atomic E-state index is 12.6. The van der Waals surface area contributed by atoms with Crippen molar-refractivity contribution in [3.8, 4) is 0 Å². The Labute approximate surface area is 183 Å². The zero-order valence-corrected chi connectivity index (χ0v) is 18.5. The molecule has 3 rings (SSSR count). The van der Waals surface area contributed by atoms with Crippen molar-refractivity contribution in [2.75, 3.05) is 13.2 Å². The van der Waals surface area contributed by atoms with Gasteiger partial charge >= 0.3 is 11.7 Å². The summed E-state index contributed by atoms with van der Waals surface area (Å²) in [5, 5.41) is -0.0506. The number of aromatic nitrogens is 2. The van der Waals surface area contributed by atoms with Crippen molar-refractivity contribution < 1.29 is 22.7 Å². The van der Waals surface area contributed by atoms with Crippen LogP contribution in [0, 0.1) is 0 Å². The average Bonchev–Trinajstić information content (AvgIpc) is 3.26.